The van der Waals surface area contributed by atoms with E-state index < -0.39 is 5.91 Å². The number of hydrazone groups is 1. The van der Waals surface area contributed by atoms with E-state index in [4.69, 9.17) is 5.73 Å². The van der Waals surface area contributed by atoms with Gasteiger partial charge in [0.2, 0.25) is 5.84 Å². The number of aliphatic hydroxyl groups excluding tert-OH is 1. The summed E-state index contributed by atoms with van der Waals surface area (Å²) in [5.41, 5.74) is 14.2. The van der Waals surface area contributed by atoms with Gasteiger partial charge in [0.1, 0.15) is 6.17 Å². The van der Waals surface area contributed by atoms with E-state index in [0.717, 1.165) is 34.5 Å². The zero-order valence-electron chi connectivity index (χ0n) is 19.1. The van der Waals surface area contributed by atoms with Crippen LogP contribution in [0.4, 0.5) is 5.69 Å². The first-order valence-electron chi connectivity index (χ1n) is 11.0. The van der Waals surface area contributed by atoms with E-state index in [2.05, 4.69) is 51.9 Å². The number of rotatable bonds is 7. The largest absolute Gasteiger partial charge is 0.395 e. The van der Waals surface area contributed by atoms with Crippen LogP contribution in [0.5, 0.6) is 0 Å². The van der Waals surface area contributed by atoms with Gasteiger partial charge in [0.15, 0.2) is 0 Å². The lowest BCUT2D eigenvalue weighted by molar-refractivity contribution is -0.112. The molecule has 1 aromatic heterocycles. The number of pyridine rings is 1. The second kappa shape index (κ2) is 9.03. The first-order chi connectivity index (χ1) is 15.8. The molecule has 0 radical (unpaired) electrons. The molecule has 0 saturated heterocycles. The molecule has 170 valence electrons. The minimum atomic E-state index is -0.558. The van der Waals surface area contributed by atoms with Crippen LogP contribution in [0.25, 0.3) is 11.3 Å². The molecule has 1 unspecified atom stereocenters. The molecule has 0 fully saturated rings. The summed E-state index contributed by atoms with van der Waals surface area (Å²) in [5, 5.41) is 13.6. The van der Waals surface area contributed by atoms with Crippen molar-refractivity contribution in [2.45, 2.75) is 38.8 Å². The fourth-order valence-electron chi connectivity index (χ4n) is 3.83. The Morgan fingerprint density at radius 2 is 1.70 bits per heavy atom. The van der Waals surface area contributed by atoms with Crippen molar-refractivity contribution in [3.63, 3.8) is 0 Å². The number of primary amides is 1. The van der Waals surface area contributed by atoms with Crippen molar-refractivity contribution >= 4 is 17.4 Å². The Kier molecular flexibility index (Phi) is 6.16. The van der Waals surface area contributed by atoms with Crippen molar-refractivity contribution < 1.29 is 9.90 Å². The monoisotopic (exact) mass is 443 g/mol. The van der Waals surface area contributed by atoms with Crippen LogP contribution in [-0.2, 0) is 16.6 Å². The number of amidine groups is 1. The summed E-state index contributed by atoms with van der Waals surface area (Å²) in [6, 6.07) is 20.5. The predicted octanol–water partition coefficient (Wildman–Crippen LogP) is 3.16. The van der Waals surface area contributed by atoms with Gasteiger partial charge in [-0.1, -0.05) is 56.3 Å². The van der Waals surface area contributed by atoms with E-state index in [1.165, 1.54) is 5.56 Å². The number of amides is 1. The second-order valence-electron chi connectivity index (χ2n) is 8.99. The van der Waals surface area contributed by atoms with Crippen LogP contribution < -0.4 is 16.1 Å². The number of carbonyl (C=O) groups excluding carboxylic acids is 1. The van der Waals surface area contributed by atoms with Gasteiger partial charge >= 0.3 is 0 Å². The SMILES string of the molecule is CC1NN=C(C(N)=O)N1c1ccc(Cc2ccc(-c3ccc(C(C)(C)CO)cn3)cc2)cc1. The number of nitrogens with zero attached hydrogens (tertiary/aromatic N) is 3. The highest BCUT2D eigenvalue weighted by Gasteiger charge is 2.29. The lowest BCUT2D eigenvalue weighted by atomic mass is 9.86. The van der Waals surface area contributed by atoms with Crippen molar-refractivity contribution in [2.75, 3.05) is 11.5 Å². The number of hydrogen-bond acceptors (Lipinski definition) is 6. The zero-order chi connectivity index (χ0) is 23.6. The lowest BCUT2D eigenvalue weighted by Gasteiger charge is -2.23. The summed E-state index contributed by atoms with van der Waals surface area (Å²) >= 11 is 0. The number of anilines is 1. The van der Waals surface area contributed by atoms with Crippen molar-refractivity contribution in [3.05, 3.63) is 83.6 Å². The average Bonchev–Trinajstić information content (AvgIpc) is 3.22. The van der Waals surface area contributed by atoms with Crippen LogP contribution in [0.3, 0.4) is 0 Å². The highest BCUT2D eigenvalue weighted by molar-refractivity contribution is 6.43. The molecule has 2 aromatic carbocycles. The third-order valence-electron chi connectivity index (χ3n) is 6.01. The summed E-state index contributed by atoms with van der Waals surface area (Å²) in [4.78, 5) is 18.0. The van der Waals surface area contributed by atoms with Crippen LogP contribution in [0.2, 0.25) is 0 Å². The molecular formula is C26H29N5O2. The fourth-order valence-corrected chi connectivity index (χ4v) is 3.83. The molecular weight excluding hydrogens is 414 g/mol. The Balaban J connectivity index is 1.44. The number of aliphatic hydroxyl groups is 1. The maximum Gasteiger partial charge on any atom is 0.286 e. The van der Waals surface area contributed by atoms with Gasteiger partial charge in [-0.3, -0.25) is 20.1 Å². The van der Waals surface area contributed by atoms with Crippen molar-refractivity contribution in [3.8, 4) is 11.3 Å². The Hall–Kier alpha value is -3.71. The summed E-state index contributed by atoms with van der Waals surface area (Å²) in [5.74, 6) is -0.343. The number of benzene rings is 2. The van der Waals surface area contributed by atoms with E-state index in [1.54, 1.807) is 4.90 Å². The Bertz CT molecular complexity index is 1150. The molecule has 1 aliphatic heterocycles. The van der Waals surface area contributed by atoms with E-state index in [0.29, 0.717) is 0 Å². The molecule has 3 aromatic rings. The average molecular weight is 444 g/mol. The zero-order valence-corrected chi connectivity index (χ0v) is 19.1. The topological polar surface area (TPSA) is 104 Å². The van der Waals surface area contributed by atoms with Crippen molar-refractivity contribution in [2.24, 2.45) is 10.8 Å². The van der Waals surface area contributed by atoms with E-state index in [-0.39, 0.29) is 24.0 Å². The molecule has 7 nitrogen and oxygen atoms in total. The fraction of sp³-hybridized carbons (Fsp3) is 0.269. The Labute approximate surface area is 194 Å². The van der Waals surface area contributed by atoms with Gasteiger partial charge in [-0.15, -0.1) is 0 Å². The molecule has 0 bridgehead atoms. The quantitative estimate of drug-likeness (QED) is 0.520. The number of nitrogens with one attached hydrogen (secondary N) is 1. The van der Waals surface area contributed by atoms with E-state index in [1.807, 2.05) is 51.2 Å². The van der Waals surface area contributed by atoms with Crippen molar-refractivity contribution in [1.82, 2.24) is 10.4 Å². The minimum Gasteiger partial charge on any atom is -0.395 e. The predicted molar refractivity (Wildman–Crippen MR) is 131 cm³/mol. The summed E-state index contributed by atoms with van der Waals surface area (Å²) < 4.78 is 0. The maximum atomic E-state index is 11.6. The third-order valence-corrected chi connectivity index (χ3v) is 6.01. The standard InChI is InChI=1S/C26H29N5O2/c1-17-29-30-25(24(27)33)31(17)22-11-6-19(7-12-22)14-18-4-8-20(9-5-18)23-13-10-21(15-28-23)26(2,3)16-32/h4-13,15,17,29,32H,14,16H2,1-3H3,(H2,27,33). The Morgan fingerprint density at radius 3 is 2.24 bits per heavy atom. The molecule has 1 atom stereocenters. The first kappa shape index (κ1) is 22.5. The minimum absolute atomic E-state index is 0.0809. The summed E-state index contributed by atoms with van der Waals surface area (Å²) in [6.07, 6.45) is 2.50. The van der Waals surface area contributed by atoms with Gasteiger partial charge in [0, 0.05) is 22.9 Å². The highest BCUT2D eigenvalue weighted by Crippen LogP contribution is 2.26. The number of nitrogens with two attached hydrogens (primary N) is 1. The molecule has 0 aliphatic carbocycles. The lowest BCUT2D eigenvalue weighted by Crippen LogP contribution is -2.43. The normalized spacial score (nSPS) is 15.8. The van der Waals surface area contributed by atoms with Crippen LogP contribution in [-0.4, -0.2) is 34.6 Å². The third kappa shape index (κ3) is 4.73. The van der Waals surface area contributed by atoms with Crippen LogP contribution in [0, 0.1) is 0 Å². The van der Waals surface area contributed by atoms with Gasteiger partial charge in [-0.05, 0) is 48.2 Å². The molecule has 4 rings (SSSR count). The number of carbonyl (C=O) groups is 1. The van der Waals surface area contributed by atoms with E-state index >= 15 is 0 Å². The number of hydrogen-bond donors (Lipinski definition) is 3. The molecule has 4 N–H and O–H groups in total. The van der Waals surface area contributed by atoms with E-state index in [9.17, 15) is 9.90 Å². The smallest absolute Gasteiger partial charge is 0.286 e. The Morgan fingerprint density at radius 1 is 1.06 bits per heavy atom. The molecule has 1 aliphatic rings. The molecule has 2 heterocycles. The molecule has 0 spiro atoms. The molecule has 7 heteroatoms. The summed E-state index contributed by atoms with van der Waals surface area (Å²) in [7, 11) is 0. The first-order valence-corrected chi connectivity index (χ1v) is 11.0. The van der Waals surface area contributed by atoms with Gasteiger partial charge in [0.25, 0.3) is 5.91 Å². The van der Waals surface area contributed by atoms with Gasteiger partial charge in [-0.25, -0.2) is 0 Å². The van der Waals surface area contributed by atoms with Crippen molar-refractivity contribution in [1.29, 1.82) is 0 Å². The molecule has 0 saturated carbocycles. The van der Waals surface area contributed by atoms with Gasteiger partial charge in [-0.2, -0.15) is 5.10 Å². The van der Waals surface area contributed by atoms with Gasteiger partial charge < -0.3 is 10.8 Å². The second-order valence-corrected chi connectivity index (χ2v) is 8.99. The van der Waals surface area contributed by atoms with Crippen LogP contribution in [0.1, 0.15) is 37.5 Å². The van der Waals surface area contributed by atoms with Crippen LogP contribution in [0.15, 0.2) is 72.0 Å². The van der Waals surface area contributed by atoms with Crippen LogP contribution >= 0.6 is 0 Å². The van der Waals surface area contributed by atoms with Gasteiger partial charge in [0.05, 0.1) is 12.3 Å². The number of aromatic nitrogens is 1. The molecule has 33 heavy (non-hydrogen) atoms. The molecule has 1 amide bonds. The summed E-state index contributed by atoms with van der Waals surface area (Å²) in [6.45, 7) is 6.00. The highest BCUT2D eigenvalue weighted by atomic mass is 16.3. The maximum absolute atomic E-state index is 11.6.